The topological polar surface area (TPSA) is 193 Å². The molecule has 16 nitrogen and oxygen atoms in total. The molecule has 1 aromatic carbocycles. The van der Waals surface area contributed by atoms with E-state index in [0.717, 1.165) is 23.6 Å². The van der Waals surface area contributed by atoms with E-state index in [9.17, 15) is 38.3 Å². The van der Waals surface area contributed by atoms with Crippen molar-refractivity contribution in [2.24, 2.45) is 5.92 Å². The summed E-state index contributed by atoms with van der Waals surface area (Å²) < 4.78 is 26.3. The van der Waals surface area contributed by atoms with E-state index in [2.05, 4.69) is 15.7 Å². The van der Waals surface area contributed by atoms with Gasteiger partial charge in [-0.05, 0) is 63.1 Å². The van der Waals surface area contributed by atoms with E-state index in [1.54, 1.807) is 18.9 Å². The molecule has 1 aliphatic carbocycles. The molecule has 3 heterocycles. The Morgan fingerprint density at radius 2 is 1.78 bits per heavy atom. The number of carbonyl (C=O) groups excluding carboxylic acids is 5. The molecule has 0 spiro atoms. The van der Waals surface area contributed by atoms with Crippen LogP contribution in [0.15, 0.2) is 30.3 Å². The first-order valence-electron chi connectivity index (χ1n) is 16.7. The molecule has 0 radical (unpaired) electrons. The standard InChI is InChI=1S/C33H42FN7O9/c1-3-49-32(48)39-16-14-38(15-17-39)30(46)24(10-11-28(43)44)36-29(45)25-19-27(41(37-25)23-7-4-6-22(34)18-23)50-20-26(42)40-13-5-12-33(40,21-8-9-21)31(47)35-2/h4,6-7,18-19,21,24H,3,5,8-17,20H2,1-2H3,(H,35,47)(H,36,45)(H,43,44)/t24-,33-/m0/s1. The van der Waals surface area contributed by atoms with E-state index in [-0.39, 0.29) is 68.3 Å². The zero-order valence-electron chi connectivity index (χ0n) is 28.1. The lowest BCUT2D eigenvalue weighted by molar-refractivity contribution is -0.147. The molecule has 1 saturated carbocycles. The fraction of sp³-hybridized carbons (Fsp3) is 0.545. The van der Waals surface area contributed by atoms with Crippen molar-refractivity contribution in [2.45, 2.75) is 57.0 Å². The normalized spacial score (nSPS) is 19.5. The van der Waals surface area contributed by atoms with Gasteiger partial charge in [-0.3, -0.25) is 24.0 Å². The highest BCUT2D eigenvalue weighted by Crippen LogP contribution is 2.49. The third-order valence-corrected chi connectivity index (χ3v) is 9.27. The van der Waals surface area contributed by atoms with Crippen molar-refractivity contribution in [2.75, 3.05) is 53.0 Å². The number of hydrogen-bond donors (Lipinski definition) is 3. The zero-order valence-corrected chi connectivity index (χ0v) is 28.1. The Hall–Kier alpha value is -5.22. The molecule has 0 unspecified atom stereocenters. The van der Waals surface area contributed by atoms with Crippen LogP contribution in [0.4, 0.5) is 9.18 Å². The van der Waals surface area contributed by atoms with Gasteiger partial charge in [-0.25, -0.2) is 13.9 Å². The van der Waals surface area contributed by atoms with E-state index in [1.807, 2.05) is 0 Å². The molecule has 5 rings (SSSR count). The zero-order chi connectivity index (χ0) is 36.0. The van der Waals surface area contributed by atoms with Crippen LogP contribution in [-0.4, -0.2) is 130 Å². The Labute approximate surface area is 287 Å². The number of aromatic nitrogens is 2. The number of carboxylic acids is 1. The Balaban J connectivity index is 1.34. The number of ether oxygens (including phenoxy) is 2. The summed E-state index contributed by atoms with van der Waals surface area (Å²) in [6.07, 6.45) is 1.73. The van der Waals surface area contributed by atoms with Crippen LogP contribution >= 0.6 is 0 Å². The fourth-order valence-corrected chi connectivity index (χ4v) is 6.70. The maximum absolute atomic E-state index is 14.3. The minimum Gasteiger partial charge on any atom is -0.481 e. The summed E-state index contributed by atoms with van der Waals surface area (Å²) >= 11 is 0. The van der Waals surface area contributed by atoms with Crippen LogP contribution in [0.3, 0.4) is 0 Å². The molecule has 270 valence electrons. The van der Waals surface area contributed by atoms with Gasteiger partial charge in [0.2, 0.25) is 17.7 Å². The largest absolute Gasteiger partial charge is 0.481 e. The van der Waals surface area contributed by atoms with Crippen molar-refractivity contribution < 1.29 is 47.7 Å². The van der Waals surface area contributed by atoms with Crippen molar-refractivity contribution in [1.29, 1.82) is 0 Å². The number of halogens is 1. The van der Waals surface area contributed by atoms with E-state index >= 15 is 0 Å². The van der Waals surface area contributed by atoms with E-state index in [4.69, 9.17) is 9.47 Å². The Morgan fingerprint density at radius 1 is 1.06 bits per heavy atom. The summed E-state index contributed by atoms with van der Waals surface area (Å²) in [5, 5.41) is 18.9. The number of nitrogens with one attached hydrogen (secondary N) is 2. The molecule has 2 atom stereocenters. The number of likely N-dealkylation sites (N-methyl/N-ethyl adjacent to an activating group) is 1. The molecular weight excluding hydrogens is 657 g/mol. The van der Waals surface area contributed by atoms with Gasteiger partial charge in [0.05, 0.1) is 12.3 Å². The van der Waals surface area contributed by atoms with E-state index in [1.165, 1.54) is 34.1 Å². The third-order valence-electron chi connectivity index (χ3n) is 9.27. The van der Waals surface area contributed by atoms with Gasteiger partial charge in [0.25, 0.3) is 11.8 Å². The van der Waals surface area contributed by atoms with Crippen LogP contribution in [0.2, 0.25) is 0 Å². The molecule has 2 aromatic rings. The molecule has 2 aliphatic heterocycles. The molecule has 1 aromatic heterocycles. The van der Waals surface area contributed by atoms with Gasteiger partial charge < -0.3 is 39.9 Å². The van der Waals surface area contributed by atoms with Gasteiger partial charge >= 0.3 is 12.1 Å². The molecule has 3 fully saturated rings. The molecule has 3 N–H and O–H groups in total. The number of piperazine rings is 1. The van der Waals surface area contributed by atoms with E-state index < -0.39 is 60.2 Å². The minimum absolute atomic E-state index is 0.0558. The van der Waals surface area contributed by atoms with Crippen LogP contribution in [-0.2, 0) is 23.9 Å². The lowest BCUT2D eigenvalue weighted by Gasteiger charge is -2.37. The second-order valence-corrected chi connectivity index (χ2v) is 12.4. The first-order valence-corrected chi connectivity index (χ1v) is 16.7. The highest BCUT2D eigenvalue weighted by molar-refractivity contribution is 5.97. The summed E-state index contributed by atoms with van der Waals surface area (Å²) in [5.41, 5.74) is -1.01. The Kier molecular flexibility index (Phi) is 11.2. The first-order chi connectivity index (χ1) is 24.0. The predicted molar refractivity (Wildman–Crippen MR) is 173 cm³/mol. The molecule has 3 aliphatic rings. The lowest BCUT2D eigenvalue weighted by Crippen LogP contribution is -2.59. The number of likely N-dealkylation sites (tertiary alicyclic amines) is 1. The maximum Gasteiger partial charge on any atom is 0.409 e. The molecular formula is C33H42FN7O9. The summed E-state index contributed by atoms with van der Waals surface area (Å²) in [6, 6.07) is 5.32. The number of carboxylic acid groups (broad SMARTS) is 1. The van der Waals surface area contributed by atoms with Gasteiger partial charge in [0.15, 0.2) is 12.3 Å². The molecule has 2 saturated heterocycles. The number of hydrogen-bond acceptors (Lipinski definition) is 9. The average molecular weight is 700 g/mol. The summed E-state index contributed by atoms with van der Waals surface area (Å²) in [6.45, 7) is 2.47. The number of aliphatic carboxylic acids is 1. The number of nitrogens with zero attached hydrogens (tertiary/aromatic N) is 5. The molecule has 50 heavy (non-hydrogen) atoms. The fourth-order valence-electron chi connectivity index (χ4n) is 6.70. The van der Waals surface area contributed by atoms with Crippen molar-refractivity contribution in [3.8, 4) is 11.6 Å². The number of benzene rings is 1. The van der Waals surface area contributed by atoms with Crippen molar-refractivity contribution >= 4 is 35.7 Å². The molecule has 5 amide bonds. The van der Waals surface area contributed by atoms with Crippen molar-refractivity contribution in [3.63, 3.8) is 0 Å². The SMILES string of the molecule is CCOC(=O)N1CCN(C(=O)[C@H](CCC(=O)O)NC(=O)c2cc(OCC(=O)N3CCC[C@@]3(C(=O)NC)C3CC3)n(-c3cccc(F)c3)n2)CC1. The molecule has 0 bridgehead atoms. The highest BCUT2D eigenvalue weighted by atomic mass is 19.1. The van der Waals surface area contributed by atoms with Crippen LogP contribution < -0.4 is 15.4 Å². The van der Waals surface area contributed by atoms with Gasteiger partial charge in [0, 0.05) is 52.3 Å². The second-order valence-electron chi connectivity index (χ2n) is 12.4. The maximum atomic E-state index is 14.3. The van der Waals surface area contributed by atoms with E-state index in [0.29, 0.717) is 19.4 Å². The second kappa shape index (κ2) is 15.6. The predicted octanol–water partition coefficient (Wildman–Crippen LogP) is 1.17. The van der Waals surface area contributed by atoms with Crippen LogP contribution in [0.25, 0.3) is 5.69 Å². The number of carbonyl (C=O) groups is 6. The van der Waals surface area contributed by atoms with Gasteiger partial charge in [-0.1, -0.05) is 6.07 Å². The van der Waals surface area contributed by atoms with Gasteiger partial charge in [0.1, 0.15) is 17.4 Å². The van der Waals surface area contributed by atoms with Crippen molar-refractivity contribution in [3.05, 3.63) is 41.8 Å². The van der Waals surface area contributed by atoms with Crippen LogP contribution in [0.5, 0.6) is 5.88 Å². The Bertz CT molecular complexity index is 1620. The quantitative estimate of drug-likeness (QED) is 0.273. The molecule has 17 heteroatoms. The van der Waals surface area contributed by atoms with Crippen molar-refractivity contribution in [1.82, 2.24) is 35.1 Å². The smallest absolute Gasteiger partial charge is 0.409 e. The summed E-state index contributed by atoms with van der Waals surface area (Å²) in [5.74, 6) is -3.80. The van der Waals surface area contributed by atoms with Gasteiger partial charge in [-0.2, -0.15) is 5.10 Å². The van der Waals surface area contributed by atoms with Gasteiger partial charge in [-0.15, -0.1) is 0 Å². The third kappa shape index (κ3) is 7.81. The highest BCUT2D eigenvalue weighted by Gasteiger charge is 2.58. The minimum atomic E-state index is -1.24. The Morgan fingerprint density at radius 3 is 2.42 bits per heavy atom. The first kappa shape index (κ1) is 36.1. The van der Waals surface area contributed by atoms with Crippen LogP contribution in [0, 0.1) is 11.7 Å². The summed E-state index contributed by atoms with van der Waals surface area (Å²) in [4.78, 5) is 81.6. The lowest BCUT2D eigenvalue weighted by atomic mass is 9.88. The summed E-state index contributed by atoms with van der Waals surface area (Å²) in [7, 11) is 1.54. The number of rotatable bonds is 13. The number of amides is 5. The van der Waals surface area contributed by atoms with Crippen LogP contribution in [0.1, 0.15) is 55.9 Å². The monoisotopic (exact) mass is 699 g/mol. The average Bonchev–Trinajstić information content (AvgIpc) is 3.72.